The first kappa shape index (κ1) is 54.6. The zero-order chi connectivity index (χ0) is 48.4. The van der Waals surface area contributed by atoms with Crippen molar-refractivity contribution in [3.05, 3.63) is 47.7 Å². The summed E-state index contributed by atoms with van der Waals surface area (Å²) in [4.78, 5) is 26.4. The maximum absolute atomic E-state index is 16.0. The van der Waals surface area contributed by atoms with Crippen LogP contribution in [0.3, 0.4) is 0 Å². The molecular formula is C54H83F2N5O5. The van der Waals surface area contributed by atoms with Gasteiger partial charge < -0.3 is 29.4 Å². The van der Waals surface area contributed by atoms with Crippen molar-refractivity contribution in [2.75, 3.05) is 45.4 Å². The fourth-order valence-electron chi connectivity index (χ4n) is 10.6. The topological polar surface area (TPSA) is 121 Å². The van der Waals surface area contributed by atoms with E-state index in [-0.39, 0.29) is 28.5 Å². The zero-order valence-electron chi connectivity index (χ0n) is 42.1. The number of aliphatic hydroxyl groups excluding tert-OH is 1. The standard InChI is InChI=1S/C25H24F2N4O3.C16H32.C9H17NO.C2H4O.C2H6/c1-3-16-19(26)7-6-13-9-15(33)10-17(20(13)16)22-21(27)23-18(11-28-22)24(30-25(29-23)34-2)31-8-4-5-14(32)12-31;1-5-10-16(11-7-14(3)6-2)12-8-15(4)9-13-16;1-11-7-9-5-4-8-3-2-6-10(8)9;1-2-3;1-2/h6-7,9-11,14,32-33H,3-5,8,12H2,1-2H3;14-15H,5-13H2,1-4H3;8-9H,2-7H2,1H3;2H,1H3;1-2H3. The van der Waals surface area contributed by atoms with Crippen LogP contribution in [0.15, 0.2) is 30.5 Å². The Hall–Kier alpha value is -4.00. The Kier molecular flexibility index (Phi) is 22.4. The number of carbonyl (C=O) groups excluding carboxylic acids is 1. The van der Waals surface area contributed by atoms with E-state index in [1.165, 1.54) is 128 Å². The molecule has 12 heteroatoms. The average molecular weight is 920 g/mol. The van der Waals surface area contributed by atoms with Gasteiger partial charge in [-0.15, -0.1) is 0 Å². The van der Waals surface area contributed by atoms with Crippen molar-refractivity contribution < 1.29 is 33.3 Å². The Morgan fingerprint density at radius 1 is 0.970 bits per heavy atom. The summed E-state index contributed by atoms with van der Waals surface area (Å²) in [5.41, 5.74) is 1.37. The van der Waals surface area contributed by atoms with Gasteiger partial charge in [-0.2, -0.15) is 9.97 Å². The third-order valence-electron chi connectivity index (χ3n) is 14.3. The highest BCUT2D eigenvalue weighted by atomic mass is 19.1. The van der Waals surface area contributed by atoms with E-state index in [2.05, 4.69) is 47.5 Å². The Balaban J connectivity index is 0.000000245. The lowest BCUT2D eigenvalue weighted by Crippen LogP contribution is -2.38. The maximum atomic E-state index is 16.0. The van der Waals surface area contributed by atoms with Gasteiger partial charge in [0.2, 0.25) is 0 Å². The lowest BCUT2D eigenvalue weighted by molar-refractivity contribution is -0.106. The van der Waals surface area contributed by atoms with E-state index in [1.54, 1.807) is 6.07 Å². The number of phenols is 1. The minimum atomic E-state index is -0.727. The second-order valence-corrected chi connectivity index (χ2v) is 18.9. The number of pyridine rings is 1. The number of nitrogens with zero attached hydrogens (tertiary/aromatic N) is 5. The van der Waals surface area contributed by atoms with Crippen LogP contribution in [0.5, 0.6) is 11.8 Å². The smallest absolute Gasteiger partial charge is 0.318 e. The van der Waals surface area contributed by atoms with Crippen LogP contribution >= 0.6 is 0 Å². The highest BCUT2D eigenvalue weighted by Gasteiger charge is 2.36. The molecule has 3 aliphatic heterocycles. The van der Waals surface area contributed by atoms with Gasteiger partial charge in [-0.1, -0.05) is 86.6 Å². The number of benzene rings is 2. The molecular weight excluding hydrogens is 837 g/mol. The van der Waals surface area contributed by atoms with Gasteiger partial charge in [0.1, 0.15) is 34.9 Å². The largest absolute Gasteiger partial charge is 0.508 e. The summed E-state index contributed by atoms with van der Waals surface area (Å²) in [6.45, 7) is 20.1. The fourth-order valence-corrected chi connectivity index (χ4v) is 10.6. The summed E-state index contributed by atoms with van der Waals surface area (Å²) in [6, 6.07) is 7.44. The van der Waals surface area contributed by atoms with E-state index < -0.39 is 17.7 Å². The number of β-amino-alcohol motifs (C(OH)–C–C–N with tert-alkyl or cyclic N) is 1. The number of aromatic nitrogens is 3. The number of methoxy groups -OCH3 is 2. The van der Waals surface area contributed by atoms with Crippen molar-refractivity contribution in [3.8, 4) is 23.0 Å². The molecule has 0 spiro atoms. The third-order valence-corrected chi connectivity index (χ3v) is 14.3. The summed E-state index contributed by atoms with van der Waals surface area (Å²) >= 11 is 0. The number of hydrogen-bond donors (Lipinski definition) is 2. The van der Waals surface area contributed by atoms with E-state index in [0.29, 0.717) is 53.5 Å². The molecule has 4 unspecified atom stereocenters. The Morgan fingerprint density at radius 3 is 2.32 bits per heavy atom. The van der Waals surface area contributed by atoms with Gasteiger partial charge in [0.25, 0.3) is 0 Å². The molecule has 2 aromatic carbocycles. The third kappa shape index (κ3) is 14.0. The predicted molar refractivity (Wildman–Crippen MR) is 267 cm³/mol. The molecule has 3 saturated heterocycles. The first-order valence-electron chi connectivity index (χ1n) is 25.3. The minimum Gasteiger partial charge on any atom is -0.508 e. The van der Waals surface area contributed by atoms with Crippen LogP contribution in [0.2, 0.25) is 0 Å². The van der Waals surface area contributed by atoms with E-state index in [9.17, 15) is 14.6 Å². The molecule has 5 heterocycles. The van der Waals surface area contributed by atoms with Crippen molar-refractivity contribution in [2.45, 2.75) is 176 Å². The monoisotopic (exact) mass is 920 g/mol. The number of piperidine rings is 1. The molecule has 2 N–H and O–H groups in total. The minimum absolute atomic E-state index is 0.00198. The highest BCUT2D eigenvalue weighted by molar-refractivity contribution is 6.01. The molecule has 2 aromatic heterocycles. The molecule has 4 atom stereocenters. The zero-order valence-corrected chi connectivity index (χ0v) is 42.1. The number of halogens is 2. The van der Waals surface area contributed by atoms with E-state index in [4.69, 9.17) is 14.3 Å². The van der Waals surface area contributed by atoms with Gasteiger partial charge >= 0.3 is 6.01 Å². The average Bonchev–Trinajstić information content (AvgIpc) is 3.96. The quantitative estimate of drug-likeness (QED) is 0.133. The molecule has 0 bridgehead atoms. The number of aldehydes is 1. The van der Waals surface area contributed by atoms with Crippen LogP contribution in [-0.4, -0.2) is 95.0 Å². The molecule has 4 fully saturated rings. The number of rotatable bonds is 12. The number of hydrogen-bond acceptors (Lipinski definition) is 10. The van der Waals surface area contributed by atoms with E-state index in [1.807, 2.05) is 32.8 Å². The van der Waals surface area contributed by atoms with Crippen molar-refractivity contribution in [1.29, 1.82) is 0 Å². The lowest BCUT2D eigenvalue weighted by Gasteiger charge is -2.40. The summed E-state index contributed by atoms with van der Waals surface area (Å²) in [5, 5.41) is 21.9. The van der Waals surface area contributed by atoms with Crippen LogP contribution in [0, 0.1) is 28.9 Å². The molecule has 10 nitrogen and oxygen atoms in total. The maximum Gasteiger partial charge on any atom is 0.318 e. The van der Waals surface area contributed by atoms with Gasteiger partial charge in [-0.3, -0.25) is 9.88 Å². The van der Waals surface area contributed by atoms with Gasteiger partial charge in [-0.05, 0) is 136 Å². The predicted octanol–water partition coefficient (Wildman–Crippen LogP) is 12.7. The number of phenolic OH excluding ortho intramolecular Hbond substituents is 1. The first-order chi connectivity index (χ1) is 31.9. The van der Waals surface area contributed by atoms with Crippen LogP contribution in [-0.2, 0) is 16.0 Å². The van der Waals surface area contributed by atoms with E-state index >= 15 is 4.39 Å². The van der Waals surface area contributed by atoms with Gasteiger partial charge in [0, 0.05) is 44.0 Å². The number of ether oxygens (including phenoxy) is 2. The fraction of sp³-hybridized carbons (Fsp3) is 0.667. The van der Waals surface area contributed by atoms with Gasteiger partial charge in [0.15, 0.2) is 5.82 Å². The molecule has 1 aliphatic carbocycles. The first-order valence-corrected chi connectivity index (χ1v) is 25.3. The molecule has 0 amide bonds. The van der Waals surface area contributed by atoms with Crippen LogP contribution < -0.4 is 9.64 Å². The highest BCUT2D eigenvalue weighted by Crippen LogP contribution is 2.46. The normalized spacial score (nSPS) is 23.0. The summed E-state index contributed by atoms with van der Waals surface area (Å²) in [5.74, 6) is 1.15. The molecule has 4 aliphatic rings. The van der Waals surface area contributed by atoms with Crippen LogP contribution in [0.25, 0.3) is 32.9 Å². The summed E-state index contributed by atoms with van der Waals surface area (Å²) < 4.78 is 41.1. The Labute approximate surface area is 395 Å². The van der Waals surface area contributed by atoms with E-state index in [0.717, 1.165) is 48.6 Å². The summed E-state index contributed by atoms with van der Waals surface area (Å²) in [7, 11) is 3.21. The molecule has 0 radical (unpaired) electrons. The summed E-state index contributed by atoms with van der Waals surface area (Å²) in [6.07, 6.45) is 22.4. The van der Waals surface area contributed by atoms with Crippen molar-refractivity contribution >= 4 is 33.8 Å². The number of aryl methyl sites for hydroxylation is 1. The molecule has 8 rings (SSSR count). The number of aromatic hydroxyl groups is 1. The SMILES string of the molecule is CC.CC=O.CCCC1(CCC(C)CC)CCC(C)CC1.CCc1c(F)ccc2cc(O)cc(-c3ncc4c(N5CCCC(O)C5)nc(OC)nc4c3F)c12.COCC1CCC2CCCN21. The number of aliphatic hydroxyl groups is 1. The molecule has 368 valence electrons. The van der Waals surface area contributed by atoms with Gasteiger partial charge in [-0.25, -0.2) is 8.78 Å². The number of fused-ring (bicyclic) bond motifs is 3. The Morgan fingerprint density at radius 2 is 1.68 bits per heavy atom. The Bertz CT molecular complexity index is 2090. The molecule has 66 heavy (non-hydrogen) atoms. The van der Waals surface area contributed by atoms with Crippen molar-refractivity contribution in [1.82, 2.24) is 19.9 Å². The second-order valence-electron chi connectivity index (χ2n) is 18.9. The second kappa shape index (κ2) is 27.1. The molecule has 1 saturated carbocycles. The van der Waals surface area contributed by atoms with Crippen molar-refractivity contribution in [2.24, 2.45) is 17.3 Å². The molecule has 4 aromatic rings. The van der Waals surface area contributed by atoms with Crippen LogP contribution in [0.4, 0.5) is 14.6 Å². The number of carbonyl (C=O) groups is 1. The van der Waals surface area contributed by atoms with Gasteiger partial charge in [0.05, 0.1) is 25.2 Å². The van der Waals surface area contributed by atoms with Crippen molar-refractivity contribution in [3.63, 3.8) is 0 Å². The van der Waals surface area contributed by atoms with Crippen LogP contribution in [0.1, 0.15) is 157 Å². The number of anilines is 1. The lowest BCUT2D eigenvalue weighted by atomic mass is 9.65.